The first kappa shape index (κ1) is 17.2. The summed E-state index contributed by atoms with van der Waals surface area (Å²) in [4.78, 5) is 0. The lowest BCUT2D eigenvalue weighted by Gasteiger charge is -2.15. The summed E-state index contributed by atoms with van der Waals surface area (Å²) in [6.45, 7) is 0. The molecule has 19 heavy (non-hydrogen) atoms. The van der Waals surface area contributed by atoms with Gasteiger partial charge < -0.3 is 0 Å². The van der Waals surface area contributed by atoms with Crippen molar-refractivity contribution in [3.05, 3.63) is 49.5 Å². The average Bonchev–Trinajstić information content (AvgIpc) is 2.36. The third-order valence-electron chi connectivity index (χ3n) is 2.41. The maximum atomic E-state index is 3.64. The molecule has 0 saturated heterocycles. The Morgan fingerprint density at radius 1 is 0.474 bits per heavy atom. The standard InChI is InChI=1S/C12H3Br7/c13-4-1-2-5(14)10(17)8(4)9-11(18)6(15)3-7(16)12(9)19/h1-3H. The Kier molecular flexibility index (Phi) is 6.25. The van der Waals surface area contributed by atoms with Crippen LogP contribution < -0.4 is 0 Å². The van der Waals surface area contributed by atoms with E-state index in [0.717, 1.165) is 42.4 Å². The predicted molar refractivity (Wildman–Crippen MR) is 106 cm³/mol. The Bertz CT molecular complexity index is 638. The average molecular weight is 706 g/mol. The topological polar surface area (TPSA) is 0 Å². The lowest BCUT2D eigenvalue weighted by Crippen LogP contribution is -1.89. The summed E-state index contributed by atoms with van der Waals surface area (Å²) in [6, 6.07) is 6.00. The van der Waals surface area contributed by atoms with Crippen LogP contribution in [0.5, 0.6) is 0 Å². The monoisotopic (exact) mass is 699 g/mol. The summed E-state index contributed by atoms with van der Waals surface area (Å²) in [6.07, 6.45) is 0. The summed E-state index contributed by atoms with van der Waals surface area (Å²) < 4.78 is 6.94. The van der Waals surface area contributed by atoms with E-state index in [0.29, 0.717) is 0 Å². The molecule has 0 aliphatic rings. The highest BCUT2D eigenvalue weighted by atomic mass is 79.9. The van der Waals surface area contributed by atoms with Crippen LogP contribution in [0.15, 0.2) is 49.5 Å². The van der Waals surface area contributed by atoms with Crippen LogP contribution in [0, 0.1) is 0 Å². The van der Waals surface area contributed by atoms with E-state index >= 15 is 0 Å². The maximum Gasteiger partial charge on any atom is 0.0408 e. The number of hydrogen-bond acceptors (Lipinski definition) is 0. The first-order valence-corrected chi connectivity index (χ1v) is 10.4. The van der Waals surface area contributed by atoms with E-state index in [9.17, 15) is 0 Å². The van der Waals surface area contributed by atoms with Gasteiger partial charge in [0.25, 0.3) is 0 Å². The molecule has 0 amide bonds. The van der Waals surface area contributed by atoms with Crippen LogP contribution in [0.1, 0.15) is 0 Å². The van der Waals surface area contributed by atoms with Crippen LogP contribution in [0.25, 0.3) is 11.1 Å². The summed E-state index contributed by atoms with van der Waals surface area (Å²) in [7, 11) is 0. The van der Waals surface area contributed by atoms with Crippen molar-refractivity contribution in [2.24, 2.45) is 0 Å². The van der Waals surface area contributed by atoms with Crippen LogP contribution >= 0.6 is 112 Å². The second-order valence-corrected chi connectivity index (χ2v) is 9.36. The van der Waals surface area contributed by atoms with Crippen molar-refractivity contribution in [2.75, 3.05) is 0 Å². The van der Waals surface area contributed by atoms with Gasteiger partial charge in [0.05, 0.1) is 0 Å². The minimum Gasteiger partial charge on any atom is -0.0501 e. The summed E-state index contributed by atoms with van der Waals surface area (Å²) in [5.41, 5.74) is 2.12. The van der Waals surface area contributed by atoms with E-state index < -0.39 is 0 Å². The van der Waals surface area contributed by atoms with E-state index in [1.807, 2.05) is 18.2 Å². The molecule has 0 atom stereocenters. The molecule has 2 aromatic rings. The van der Waals surface area contributed by atoms with Gasteiger partial charge in [-0.05, 0) is 114 Å². The molecule has 0 aliphatic carbocycles. The highest BCUT2D eigenvalue weighted by molar-refractivity contribution is 9.14. The second kappa shape index (κ2) is 6.92. The molecule has 0 fully saturated rings. The quantitative estimate of drug-likeness (QED) is 0.261. The van der Waals surface area contributed by atoms with Crippen molar-refractivity contribution in [3.63, 3.8) is 0 Å². The molecule has 0 spiro atoms. The molecule has 2 rings (SSSR count). The van der Waals surface area contributed by atoms with Crippen molar-refractivity contribution in [3.8, 4) is 11.1 Å². The normalized spacial score (nSPS) is 10.9. The molecule has 0 nitrogen and oxygen atoms in total. The molecule has 0 N–H and O–H groups in total. The third kappa shape index (κ3) is 3.42. The predicted octanol–water partition coefficient (Wildman–Crippen LogP) is 8.69. The largest absolute Gasteiger partial charge is 0.0501 e. The van der Waals surface area contributed by atoms with Gasteiger partial charge in [-0.3, -0.25) is 0 Å². The van der Waals surface area contributed by atoms with Crippen molar-refractivity contribution in [2.45, 2.75) is 0 Å². The molecular weight excluding hydrogens is 703 g/mol. The molecule has 0 aliphatic heterocycles. The Morgan fingerprint density at radius 3 is 1.42 bits per heavy atom. The number of halogens is 7. The van der Waals surface area contributed by atoms with E-state index in [1.165, 1.54) is 0 Å². The molecular formula is C12H3Br7. The Hall–Kier alpha value is 1.80. The summed E-state index contributed by atoms with van der Waals surface area (Å²) in [5.74, 6) is 0. The molecule has 0 heterocycles. The SMILES string of the molecule is Brc1ccc(Br)c(-c2c(Br)c(Br)cc(Br)c2Br)c1Br. The van der Waals surface area contributed by atoms with Gasteiger partial charge in [-0.1, -0.05) is 15.9 Å². The first-order valence-electron chi connectivity index (χ1n) is 4.81. The van der Waals surface area contributed by atoms with E-state index in [4.69, 9.17) is 0 Å². The van der Waals surface area contributed by atoms with Crippen LogP contribution in [-0.2, 0) is 0 Å². The van der Waals surface area contributed by atoms with Crippen LogP contribution in [0.2, 0.25) is 0 Å². The zero-order valence-electron chi connectivity index (χ0n) is 8.88. The van der Waals surface area contributed by atoms with Crippen molar-refractivity contribution in [1.29, 1.82) is 0 Å². The number of rotatable bonds is 1. The Balaban J connectivity index is 2.91. The van der Waals surface area contributed by atoms with Crippen molar-refractivity contribution >= 4 is 112 Å². The lowest BCUT2D eigenvalue weighted by molar-refractivity contribution is 1.44. The summed E-state index contributed by atoms with van der Waals surface area (Å²) in [5, 5.41) is 0. The van der Waals surface area contributed by atoms with Crippen molar-refractivity contribution in [1.82, 2.24) is 0 Å². The molecule has 0 bridgehead atoms. The van der Waals surface area contributed by atoms with Crippen LogP contribution in [0.4, 0.5) is 0 Å². The highest BCUT2D eigenvalue weighted by Gasteiger charge is 2.20. The molecule has 7 heteroatoms. The van der Waals surface area contributed by atoms with Gasteiger partial charge in [-0.25, -0.2) is 0 Å². The summed E-state index contributed by atoms with van der Waals surface area (Å²) >= 11 is 25.2. The zero-order chi connectivity index (χ0) is 14.3. The molecule has 100 valence electrons. The van der Waals surface area contributed by atoms with Gasteiger partial charge >= 0.3 is 0 Å². The molecule has 0 saturated carbocycles. The van der Waals surface area contributed by atoms with Crippen LogP contribution in [0.3, 0.4) is 0 Å². The van der Waals surface area contributed by atoms with E-state index in [-0.39, 0.29) is 0 Å². The fraction of sp³-hybridized carbons (Fsp3) is 0. The molecule has 0 aromatic heterocycles. The maximum absolute atomic E-state index is 3.64. The molecule has 0 unspecified atom stereocenters. The van der Waals surface area contributed by atoms with Crippen molar-refractivity contribution < 1.29 is 0 Å². The minimum absolute atomic E-state index is 0.983. The van der Waals surface area contributed by atoms with E-state index in [2.05, 4.69) is 112 Å². The zero-order valence-corrected chi connectivity index (χ0v) is 20.0. The molecule has 0 radical (unpaired) electrons. The van der Waals surface area contributed by atoms with Gasteiger partial charge in [0.15, 0.2) is 0 Å². The van der Waals surface area contributed by atoms with Gasteiger partial charge in [0.2, 0.25) is 0 Å². The van der Waals surface area contributed by atoms with Gasteiger partial charge in [0.1, 0.15) is 0 Å². The fourth-order valence-corrected chi connectivity index (χ4v) is 5.67. The molecule has 2 aromatic carbocycles. The highest BCUT2D eigenvalue weighted by Crippen LogP contribution is 2.49. The lowest BCUT2D eigenvalue weighted by atomic mass is 10.1. The number of hydrogen-bond donors (Lipinski definition) is 0. The fourth-order valence-electron chi connectivity index (χ4n) is 1.55. The smallest absolute Gasteiger partial charge is 0.0408 e. The third-order valence-corrected chi connectivity index (χ3v) is 9.05. The second-order valence-electron chi connectivity index (χ2n) is 3.56. The van der Waals surface area contributed by atoms with Crippen LogP contribution in [-0.4, -0.2) is 0 Å². The van der Waals surface area contributed by atoms with Gasteiger partial charge in [-0.2, -0.15) is 0 Å². The van der Waals surface area contributed by atoms with E-state index in [1.54, 1.807) is 0 Å². The number of benzene rings is 2. The Morgan fingerprint density at radius 2 is 0.895 bits per heavy atom. The Labute approximate surface area is 170 Å². The minimum atomic E-state index is 0.983. The van der Waals surface area contributed by atoms with Gasteiger partial charge in [-0.15, -0.1) is 0 Å². The van der Waals surface area contributed by atoms with Gasteiger partial charge in [0, 0.05) is 42.4 Å². The first-order chi connectivity index (χ1) is 8.84.